The van der Waals surface area contributed by atoms with E-state index in [9.17, 15) is 4.79 Å². The molecule has 0 aliphatic rings. The highest BCUT2D eigenvalue weighted by molar-refractivity contribution is 6.01. The number of amidine groups is 1. The zero-order valence-electron chi connectivity index (χ0n) is 11.6. The number of nitrogens with zero attached hydrogens (tertiary/aromatic N) is 1. The number of oxime groups is 1. The van der Waals surface area contributed by atoms with Gasteiger partial charge in [-0.2, -0.15) is 0 Å². The standard InChI is InChI=1S/C15H17N3O3/c1-10(8-13-6-3-7-21-13)17-15(19)12-5-2-4-11(9-12)14(16)18-20/h2-7,9-10,20H,8H2,1H3,(H2,16,18)(H,17,19). The molecule has 0 saturated heterocycles. The molecule has 2 rings (SSSR count). The van der Waals surface area contributed by atoms with E-state index < -0.39 is 0 Å². The van der Waals surface area contributed by atoms with Crippen LogP contribution < -0.4 is 11.1 Å². The maximum atomic E-state index is 12.2. The van der Waals surface area contributed by atoms with Gasteiger partial charge < -0.3 is 20.7 Å². The van der Waals surface area contributed by atoms with Gasteiger partial charge in [0.2, 0.25) is 0 Å². The summed E-state index contributed by atoms with van der Waals surface area (Å²) in [5, 5.41) is 14.5. The average molecular weight is 287 g/mol. The third-order valence-electron chi connectivity index (χ3n) is 2.99. The smallest absolute Gasteiger partial charge is 0.251 e. The number of hydrogen-bond donors (Lipinski definition) is 3. The van der Waals surface area contributed by atoms with Crippen molar-refractivity contribution in [2.45, 2.75) is 19.4 Å². The van der Waals surface area contributed by atoms with Crippen LogP contribution in [0.1, 0.15) is 28.6 Å². The van der Waals surface area contributed by atoms with Gasteiger partial charge in [0.05, 0.1) is 6.26 Å². The average Bonchev–Trinajstić information content (AvgIpc) is 2.99. The second kappa shape index (κ2) is 6.60. The van der Waals surface area contributed by atoms with Crippen molar-refractivity contribution in [3.8, 4) is 0 Å². The summed E-state index contributed by atoms with van der Waals surface area (Å²) in [7, 11) is 0. The first-order chi connectivity index (χ1) is 10.1. The molecular weight excluding hydrogens is 270 g/mol. The molecule has 4 N–H and O–H groups in total. The molecule has 0 spiro atoms. The van der Waals surface area contributed by atoms with Gasteiger partial charge in [-0.05, 0) is 31.2 Å². The van der Waals surface area contributed by atoms with Crippen LogP contribution in [0.3, 0.4) is 0 Å². The summed E-state index contributed by atoms with van der Waals surface area (Å²) in [6.45, 7) is 1.90. The van der Waals surface area contributed by atoms with Gasteiger partial charge in [-0.15, -0.1) is 0 Å². The van der Waals surface area contributed by atoms with Crippen LogP contribution in [0.2, 0.25) is 0 Å². The number of nitrogens with one attached hydrogen (secondary N) is 1. The molecule has 2 aromatic rings. The van der Waals surface area contributed by atoms with Crippen LogP contribution in [0, 0.1) is 0 Å². The van der Waals surface area contributed by atoms with Crippen molar-refractivity contribution in [1.82, 2.24) is 5.32 Å². The number of carbonyl (C=O) groups excluding carboxylic acids is 1. The van der Waals surface area contributed by atoms with Gasteiger partial charge in [-0.1, -0.05) is 17.3 Å². The quantitative estimate of drug-likeness (QED) is 0.337. The zero-order chi connectivity index (χ0) is 15.2. The Morgan fingerprint density at radius 2 is 2.14 bits per heavy atom. The Morgan fingerprint density at radius 3 is 2.81 bits per heavy atom. The topological polar surface area (TPSA) is 101 Å². The largest absolute Gasteiger partial charge is 0.469 e. The molecule has 0 fully saturated rings. The first-order valence-electron chi connectivity index (χ1n) is 6.51. The Balaban J connectivity index is 2.03. The Morgan fingerprint density at radius 1 is 1.38 bits per heavy atom. The number of amides is 1. The second-order valence-electron chi connectivity index (χ2n) is 4.72. The van der Waals surface area contributed by atoms with E-state index in [0.717, 1.165) is 5.76 Å². The van der Waals surface area contributed by atoms with Crippen molar-refractivity contribution >= 4 is 11.7 Å². The van der Waals surface area contributed by atoms with Gasteiger partial charge in [0.25, 0.3) is 5.91 Å². The van der Waals surface area contributed by atoms with Gasteiger partial charge in [0.1, 0.15) is 5.76 Å². The fraction of sp³-hybridized carbons (Fsp3) is 0.200. The number of rotatable bonds is 5. The first-order valence-corrected chi connectivity index (χ1v) is 6.51. The van der Waals surface area contributed by atoms with Crippen LogP contribution in [-0.2, 0) is 6.42 Å². The van der Waals surface area contributed by atoms with Crippen molar-refractivity contribution in [2.24, 2.45) is 10.9 Å². The third kappa shape index (κ3) is 3.85. The van der Waals surface area contributed by atoms with E-state index in [4.69, 9.17) is 15.4 Å². The summed E-state index contributed by atoms with van der Waals surface area (Å²) in [5.41, 5.74) is 6.45. The van der Waals surface area contributed by atoms with Gasteiger partial charge >= 0.3 is 0 Å². The zero-order valence-corrected chi connectivity index (χ0v) is 11.6. The third-order valence-corrected chi connectivity index (χ3v) is 2.99. The van der Waals surface area contributed by atoms with Crippen molar-refractivity contribution in [1.29, 1.82) is 0 Å². The first kappa shape index (κ1) is 14.6. The van der Waals surface area contributed by atoms with Crippen LogP contribution in [0.15, 0.2) is 52.2 Å². The highest BCUT2D eigenvalue weighted by Crippen LogP contribution is 2.08. The fourth-order valence-corrected chi connectivity index (χ4v) is 1.97. The monoisotopic (exact) mass is 287 g/mol. The van der Waals surface area contributed by atoms with Crippen LogP contribution in [0.25, 0.3) is 0 Å². The lowest BCUT2D eigenvalue weighted by Crippen LogP contribution is -2.34. The predicted molar refractivity (Wildman–Crippen MR) is 78.3 cm³/mol. The number of nitrogens with two attached hydrogens (primary N) is 1. The molecule has 0 radical (unpaired) electrons. The molecule has 21 heavy (non-hydrogen) atoms. The Kier molecular flexibility index (Phi) is 4.61. The Labute approximate surface area is 122 Å². The number of benzene rings is 1. The van der Waals surface area contributed by atoms with Gasteiger partial charge in [-0.25, -0.2) is 0 Å². The molecule has 0 aliphatic heterocycles. The molecule has 1 aromatic carbocycles. The molecule has 0 bridgehead atoms. The van der Waals surface area contributed by atoms with Crippen LogP contribution in [0.4, 0.5) is 0 Å². The van der Waals surface area contributed by atoms with E-state index in [1.807, 2.05) is 19.1 Å². The summed E-state index contributed by atoms with van der Waals surface area (Å²) in [4.78, 5) is 12.2. The Bertz CT molecular complexity index is 635. The van der Waals surface area contributed by atoms with E-state index >= 15 is 0 Å². The minimum absolute atomic E-state index is 0.0340. The molecule has 6 heteroatoms. The maximum absolute atomic E-state index is 12.2. The van der Waals surface area contributed by atoms with Gasteiger partial charge in [0, 0.05) is 23.6 Å². The lowest BCUT2D eigenvalue weighted by Gasteiger charge is -2.13. The molecule has 1 heterocycles. The minimum atomic E-state index is -0.221. The Hall–Kier alpha value is -2.76. The lowest BCUT2D eigenvalue weighted by molar-refractivity contribution is 0.0939. The van der Waals surface area contributed by atoms with E-state index in [1.165, 1.54) is 0 Å². The number of furan rings is 1. The van der Waals surface area contributed by atoms with E-state index in [0.29, 0.717) is 17.5 Å². The maximum Gasteiger partial charge on any atom is 0.251 e. The number of hydrogen-bond acceptors (Lipinski definition) is 4. The van der Waals surface area contributed by atoms with E-state index in [1.54, 1.807) is 30.5 Å². The predicted octanol–water partition coefficient (Wildman–Crippen LogP) is 1.74. The lowest BCUT2D eigenvalue weighted by atomic mass is 10.1. The summed E-state index contributed by atoms with van der Waals surface area (Å²) in [6.07, 6.45) is 2.21. The SMILES string of the molecule is CC(Cc1ccco1)NC(=O)c1cccc(C(N)=NO)c1. The van der Waals surface area contributed by atoms with Crippen molar-refractivity contribution < 1.29 is 14.4 Å². The van der Waals surface area contributed by atoms with Crippen molar-refractivity contribution in [3.63, 3.8) is 0 Å². The van der Waals surface area contributed by atoms with Crippen molar-refractivity contribution in [3.05, 3.63) is 59.5 Å². The molecule has 0 saturated carbocycles. The molecule has 1 unspecified atom stereocenters. The summed E-state index contributed by atoms with van der Waals surface area (Å²) < 4.78 is 5.25. The molecule has 6 nitrogen and oxygen atoms in total. The van der Waals surface area contributed by atoms with Gasteiger partial charge in [0.15, 0.2) is 5.84 Å². The summed E-state index contributed by atoms with van der Waals surface area (Å²) >= 11 is 0. The van der Waals surface area contributed by atoms with Gasteiger partial charge in [-0.3, -0.25) is 4.79 Å². The van der Waals surface area contributed by atoms with E-state index in [2.05, 4.69) is 10.5 Å². The molecule has 0 aliphatic carbocycles. The normalized spacial score (nSPS) is 12.9. The fourth-order valence-electron chi connectivity index (χ4n) is 1.97. The van der Waals surface area contributed by atoms with Crippen LogP contribution in [0.5, 0.6) is 0 Å². The highest BCUT2D eigenvalue weighted by Gasteiger charge is 2.12. The van der Waals surface area contributed by atoms with Crippen LogP contribution in [-0.4, -0.2) is 23.0 Å². The van der Waals surface area contributed by atoms with Crippen molar-refractivity contribution in [2.75, 3.05) is 0 Å². The number of carbonyl (C=O) groups is 1. The molecule has 110 valence electrons. The van der Waals surface area contributed by atoms with Crippen LogP contribution >= 0.6 is 0 Å². The molecule has 1 aromatic heterocycles. The van der Waals surface area contributed by atoms with E-state index in [-0.39, 0.29) is 17.8 Å². The summed E-state index contributed by atoms with van der Waals surface area (Å²) in [6, 6.07) is 10.2. The molecular formula is C15H17N3O3. The highest BCUT2D eigenvalue weighted by atomic mass is 16.4. The second-order valence-corrected chi connectivity index (χ2v) is 4.72. The minimum Gasteiger partial charge on any atom is -0.469 e. The summed E-state index contributed by atoms with van der Waals surface area (Å²) in [5.74, 6) is 0.558. The molecule has 1 atom stereocenters. The molecule has 1 amide bonds.